The van der Waals surface area contributed by atoms with E-state index in [4.69, 9.17) is 5.73 Å². The van der Waals surface area contributed by atoms with Gasteiger partial charge in [0.15, 0.2) is 5.03 Å². The summed E-state index contributed by atoms with van der Waals surface area (Å²) >= 11 is 0. The van der Waals surface area contributed by atoms with Crippen LogP contribution in [0.2, 0.25) is 0 Å². The molecule has 1 aromatic heterocycles. The van der Waals surface area contributed by atoms with E-state index in [1.807, 2.05) is 0 Å². The second kappa shape index (κ2) is 4.40. The van der Waals surface area contributed by atoms with Crippen LogP contribution in [0.15, 0.2) is 17.3 Å². The predicted octanol–water partition coefficient (Wildman–Crippen LogP) is -0.222. The zero-order valence-electron chi connectivity index (χ0n) is 10.1. The first kappa shape index (κ1) is 12.5. The van der Waals surface area contributed by atoms with E-state index in [-0.39, 0.29) is 11.1 Å². The van der Waals surface area contributed by atoms with E-state index < -0.39 is 10.0 Å². The molecule has 17 heavy (non-hydrogen) atoms. The summed E-state index contributed by atoms with van der Waals surface area (Å²) in [5.74, 6) is 0.410. The molecule has 2 rings (SSSR count). The molecule has 0 amide bonds. The van der Waals surface area contributed by atoms with Crippen LogP contribution in [-0.4, -0.2) is 42.1 Å². The van der Waals surface area contributed by atoms with Crippen LogP contribution in [0.25, 0.3) is 0 Å². The summed E-state index contributed by atoms with van der Waals surface area (Å²) in [6.07, 6.45) is 3.61. The van der Waals surface area contributed by atoms with Crippen molar-refractivity contribution in [2.75, 3.05) is 13.6 Å². The molecule has 1 heterocycles. The minimum atomic E-state index is -3.49. The molecule has 0 saturated heterocycles. The summed E-state index contributed by atoms with van der Waals surface area (Å²) in [7, 11) is -0.273. The molecule has 1 aromatic rings. The fourth-order valence-electron chi connectivity index (χ4n) is 2.06. The summed E-state index contributed by atoms with van der Waals surface area (Å²) in [6.45, 7) is 0.359. The van der Waals surface area contributed by atoms with Gasteiger partial charge in [0.1, 0.15) is 0 Å². The van der Waals surface area contributed by atoms with Gasteiger partial charge in [0.2, 0.25) is 0 Å². The quantitative estimate of drug-likeness (QED) is 0.791. The van der Waals surface area contributed by atoms with Crippen molar-refractivity contribution in [1.82, 2.24) is 14.1 Å². The molecule has 96 valence electrons. The molecule has 0 aromatic carbocycles. The molecule has 0 radical (unpaired) electrons. The normalized spacial score (nSPS) is 18.6. The number of rotatable bonds is 5. The minimum absolute atomic E-state index is 0.102. The molecular weight excluding hydrogens is 240 g/mol. The number of nitrogens with two attached hydrogens (primary N) is 1. The molecule has 0 aliphatic heterocycles. The molecule has 1 unspecified atom stereocenters. The summed E-state index contributed by atoms with van der Waals surface area (Å²) in [6, 6.07) is 1.40. The molecule has 1 aliphatic carbocycles. The van der Waals surface area contributed by atoms with Gasteiger partial charge >= 0.3 is 0 Å². The van der Waals surface area contributed by atoms with E-state index in [2.05, 4.69) is 5.10 Å². The smallest absolute Gasteiger partial charge is 0.260 e. The van der Waals surface area contributed by atoms with Crippen molar-refractivity contribution >= 4 is 10.0 Å². The van der Waals surface area contributed by atoms with E-state index in [1.165, 1.54) is 21.3 Å². The third-order valence-corrected chi connectivity index (χ3v) is 5.25. The molecule has 2 N–H and O–H groups in total. The fraction of sp³-hybridized carbons (Fsp3) is 0.700. The van der Waals surface area contributed by atoms with Crippen molar-refractivity contribution in [1.29, 1.82) is 0 Å². The van der Waals surface area contributed by atoms with Crippen LogP contribution in [0, 0.1) is 5.92 Å². The maximum absolute atomic E-state index is 12.4. The Morgan fingerprint density at radius 3 is 2.71 bits per heavy atom. The molecule has 0 bridgehead atoms. The molecule has 1 aliphatic rings. The van der Waals surface area contributed by atoms with E-state index in [9.17, 15) is 8.42 Å². The Morgan fingerprint density at radius 1 is 1.65 bits per heavy atom. The lowest BCUT2D eigenvalue weighted by Crippen LogP contribution is -2.43. The Hall–Kier alpha value is -0.920. The highest BCUT2D eigenvalue weighted by molar-refractivity contribution is 7.89. The van der Waals surface area contributed by atoms with Crippen molar-refractivity contribution in [2.45, 2.75) is 23.9 Å². The highest BCUT2D eigenvalue weighted by Gasteiger charge is 2.38. The maximum Gasteiger partial charge on any atom is 0.260 e. The largest absolute Gasteiger partial charge is 0.329 e. The molecule has 1 atom stereocenters. The van der Waals surface area contributed by atoms with Crippen molar-refractivity contribution in [3.8, 4) is 0 Å². The van der Waals surface area contributed by atoms with Crippen molar-refractivity contribution in [2.24, 2.45) is 18.7 Å². The Bertz CT molecular complexity index is 492. The van der Waals surface area contributed by atoms with Gasteiger partial charge in [-0.15, -0.1) is 0 Å². The summed E-state index contributed by atoms with van der Waals surface area (Å²) in [5.41, 5.74) is 5.67. The first-order valence-electron chi connectivity index (χ1n) is 5.64. The summed E-state index contributed by atoms with van der Waals surface area (Å²) < 4.78 is 27.5. The first-order valence-corrected chi connectivity index (χ1v) is 7.08. The molecule has 7 heteroatoms. The van der Waals surface area contributed by atoms with Gasteiger partial charge in [-0.05, 0) is 24.8 Å². The average molecular weight is 258 g/mol. The lowest BCUT2D eigenvalue weighted by atomic mass is 10.2. The van der Waals surface area contributed by atoms with Crippen LogP contribution in [0.1, 0.15) is 12.8 Å². The third-order valence-electron chi connectivity index (χ3n) is 3.29. The topological polar surface area (TPSA) is 81.2 Å². The van der Waals surface area contributed by atoms with Gasteiger partial charge in [-0.3, -0.25) is 4.68 Å². The highest BCUT2D eigenvalue weighted by atomic mass is 32.2. The lowest BCUT2D eigenvalue weighted by molar-refractivity contribution is 0.337. The average Bonchev–Trinajstić information content (AvgIpc) is 3.01. The summed E-state index contributed by atoms with van der Waals surface area (Å²) in [5, 5.41) is 4.10. The van der Waals surface area contributed by atoms with Gasteiger partial charge in [0.05, 0.1) is 6.20 Å². The van der Waals surface area contributed by atoms with E-state index in [0.717, 1.165) is 12.8 Å². The van der Waals surface area contributed by atoms with Gasteiger partial charge < -0.3 is 5.73 Å². The van der Waals surface area contributed by atoms with Gasteiger partial charge in [-0.2, -0.15) is 9.40 Å². The summed E-state index contributed by atoms with van der Waals surface area (Å²) in [4.78, 5) is 0. The molecule has 1 fully saturated rings. The van der Waals surface area contributed by atoms with Gasteiger partial charge in [-0.25, -0.2) is 8.42 Å². The lowest BCUT2D eigenvalue weighted by Gasteiger charge is -2.26. The van der Waals surface area contributed by atoms with Crippen molar-refractivity contribution in [3.63, 3.8) is 0 Å². The van der Waals surface area contributed by atoms with E-state index >= 15 is 0 Å². The number of aromatic nitrogens is 2. The second-order valence-corrected chi connectivity index (χ2v) is 6.40. The number of likely N-dealkylation sites (N-methyl/N-ethyl adjacent to an activating group) is 1. The maximum atomic E-state index is 12.4. The molecule has 1 saturated carbocycles. The zero-order chi connectivity index (χ0) is 12.6. The first-order chi connectivity index (χ1) is 7.98. The van der Waals surface area contributed by atoms with Crippen molar-refractivity contribution < 1.29 is 8.42 Å². The van der Waals surface area contributed by atoms with E-state index in [1.54, 1.807) is 14.1 Å². The predicted molar refractivity (Wildman–Crippen MR) is 63.7 cm³/mol. The Kier molecular flexibility index (Phi) is 3.24. The highest BCUT2D eigenvalue weighted by Crippen LogP contribution is 2.36. The van der Waals surface area contributed by atoms with Gasteiger partial charge in [-0.1, -0.05) is 0 Å². The van der Waals surface area contributed by atoms with Crippen LogP contribution in [0.4, 0.5) is 0 Å². The molecule has 6 nitrogen and oxygen atoms in total. The number of sulfonamides is 1. The molecular formula is C10H18N4O2S. The monoisotopic (exact) mass is 258 g/mol. The van der Waals surface area contributed by atoms with Crippen LogP contribution < -0.4 is 5.73 Å². The van der Waals surface area contributed by atoms with E-state index in [0.29, 0.717) is 12.5 Å². The van der Waals surface area contributed by atoms with Crippen LogP contribution in [-0.2, 0) is 17.1 Å². The van der Waals surface area contributed by atoms with Crippen LogP contribution in [0.3, 0.4) is 0 Å². The fourth-order valence-corrected chi connectivity index (χ4v) is 3.58. The Balaban J connectivity index is 2.29. The number of aryl methyl sites for hydroxylation is 1. The SMILES string of the molecule is CN(C(CN)C1CC1)S(=O)(=O)c1ccnn1C. The molecule has 0 spiro atoms. The Morgan fingerprint density at radius 2 is 2.29 bits per heavy atom. The van der Waals surface area contributed by atoms with Crippen LogP contribution >= 0.6 is 0 Å². The standard InChI is InChI=1S/C10H18N4O2S/c1-13-10(5-6-12-13)17(15,16)14(2)9(7-11)8-3-4-8/h5-6,8-9H,3-4,7,11H2,1-2H3. The third kappa shape index (κ3) is 2.22. The number of nitrogens with zero attached hydrogens (tertiary/aromatic N) is 3. The van der Waals surface area contributed by atoms with Crippen LogP contribution in [0.5, 0.6) is 0 Å². The van der Waals surface area contributed by atoms with Gasteiger partial charge in [0.25, 0.3) is 10.0 Å². The second-order valence-electron chi connectivity index (χ2n) is 4.45. The zero-order valence-corrected chi connectivity index (χ0v) is 10.9. The number of hydrogen-bond acceptors (Lipinski definition) is 4. The van der Waals surface area contributed by atoms with Gasteiger partial charge in [0, 0.05) is 26.7 Å². The minimum Gasteiger partial charge on any atom is -0.329 e. The number of hydrogen-bond donors (Lipinski definition) is 1. The van der Waals surface area contributed by atoms with Crippen molar-refractivity contribution in [3.05, 3.63) is 12.3 Å². The Labute approximate surface area is 101 Å².